The van der Waals surface area contributed by atoms with Crippen molar-refractivity contribution in [3.05, 3.63) is 47.7 Å². The third kappa shape index (κ3) is 3.34. The van der Waals surface area contributed by atoms with Crippen LogP contribution in [0.25, 0.3) is 0 Å². The van der Waals surface area contributed by atoms with Crippen LogP contribution in [-0.2, 0) is 16.6 Å². The zero-order valence-corrected chi connectivity index (χ0v) is 10.6. The number of furan rings is 1. The van der Waals surface area contributed by atoms with Gasteiger partial charge in [0.2, 0.25) is 5.09 Å². The summed E-state index contributed by atoms with van der Waals surface area (Å²) < 4.78 is 27.1. The first-order valence-corrected chi connectivity index (χ1v) is 6.89. The lowest BCUT2D eigenvalue weighted by molar-refractivity contribution is 0.419. The topological polar surface area (TPSA) is 109 Å². The highest BCUT2D eigenvalue weighted by Crippen LogP contribution is 2.15. The molecule has 6 nitrogen and oxygen atoms in total. The number of nitrogens with zero attached hydrogens (tertiary/aromatic N) is 1. The van der Waals surface area contributed by atoms with E-state index in [0.717, 1.165) is 5.69 Å². The van der Waals surface area contributed by atoms with Crippen LogP contribution in [0.2, 0.25) is 0 Å². The average Bonchev–Trinajstić information content (AvgIpc) is 2.86. The van der Waals surface area contributed by atoms with Crippen LogP contribution in [0.15, 0.2) is 45.9 Å². The van der Waals surface area contributed by atoms with Gasteiger partial charge in [-0.05, 0) is 36.4 Å². The summed E-state index contributed by atoms with van der Waals surface area (Å²) in [7, 11) is -3.80. The van der Waals surface area contributed by atoms with Crippen LogP contribution in [0.1, 0.15) is 11.3 Å². The first-order valence-electron chi connectivity index (χ1n) is 5.34. The fourth-order valence-electron chi connectivity index (χ4n) is 1.46. The Morgan fingerprint density at radius 1 is 1.21 bits per heavy atom. The van der Waals surface area contributed by atoms with Gasteiger partial charge in [-0.15, -0.1) is 0 Å². The van der Waals surface area contributed by atoms with Gasteiger partial charge >= 0.3 is 0 Å². The van der Waals surface area contributed by atoms with Crippen molar-refractivity contribution in [3.8, 4) is 6.07 Å². The molecule has 0 saturated carbocycles. The number of primary sulfonamides is 1. The summed E-state index contributed by atoms with van der Waals surface area (Å²) in [5.74, 6) is 0.452. The SMILES string of the molecule is N#Cc1ccc(NCc2ccc(S(N)(=O)=O)o2)cc1. The molecular weight excluding hydrogens is 266 g/mol. The van der Waals surface area contributed by atoms with Crippen LogP contribution < -0.4 is 10.5 Å². The van der Waals surface area contributed by atoms with Crippen molar-refractivity contribution >= 4 is 15.7 Å². The standard InChI is InChI=1S/C12H11N3O3S/c13-7-9-1-3-10(4-2-9)15-8-11-5-6-12(18-11)19(14,16)17/h1-6,15H,8H2,(H2,14,16,17). The minimum absolute atomic E-state index is 0.260. The number of nitrogens with two attached hydrogens (primary N) is 1. The van der Waals surface area contributed by atoms with Crippen molar-refractivity contribution in [2.45, 2.75) is 11.6 Å². The summed E-state index contributed by atoms with van der Waals surface area (Å²) in [4.78, 5) is 0. The molecule has 2 aromatic rings. The number of hydrogen-bond acceptors (Lipinski definition) is 5. The van der Waals surface area contributed by atoms with Gasteiger partial charge in [0.05, 0.1) is 18.2 Å². The second-order valence-electron chi connectivity index (χ2n) is 3.81. The number of sulfonamides is 1. The first kappa shape index (κ1) is 13.1. The molecule has 1 aromatic carbocycles. The molecule has 0 aliphatic heterocycles. The maximum atomic E-state index is 11.0. The molecule has 0 aliphatic carbocycles. The summed E-state index contributed by atoms with van der Waals surface area (Å²) in [5, 5.41) is 16.4. The maximum Gasteiger partial charge on any atom is 0.271 e. The maximum absolute atomic E-state index is 11.0. The van der Waals surface area contributed by atoms with Crippen molar-refractivity contribution in [1.82, 2.24) is 0 Å². The average molecular weight is 277 g/mol. The van der Waals surface area contributed by atoms with Crippen molar-refractivity contribution in [2.24, 2.45) is 5.14 Å². The second-order valence-corrected chi connectivity index (χ2v) is 5.30. The Bertz CT molecular complexity index is 711. The van der Waals surface area contributed by atoms with Gasteiger partial charge < -0.3 is 9.73 Å². The monoisotopic (exact) mass is 277 g/mol. The molecule has 1 aromatic heterocycles. The van der Waals surface area contributed by atoms with E-state index in [1.165, 1.54) is 12.1 Å². The van der Waals surface area contributed by atoms with E-state index >= 15 is 0 Å². The predicted octanol–water partition coefficient (Wildman–Crippen LogP) is 1.41. The summed E-state index contributed by atoms with van der Waals surface area (Å²) in [6.07, 6.45) is 0. The Hall–Kier alpha value is -2.30. The summed E-state index contributed by atoms with van der Waals surface area (Å²) in [6, 6.07) is 11.7. The molecule has 0 atom stereocenters. The number of anilines is 1. The molecule has 3 N–H and O–H groups in total. The van der Waals surface area contributed by atoms with Gasteiger partial charge in [0.15, 0.2) is 0 Å². The summed E-state index contributed by atoms with van der Waals surface area (Å²) in [6.45, 7) is 0.321. The molecule has 0 bridgehead atoms. The predicted molar refractivity (Wildman–Crippen MR) is 68.6 cm³/mol. The Kier molecular flexibility index (Phi) is 3.55. The Morgan fingerprint density at radius 3 is 2.42 bits per heavy atom. The number of rotatable bonds is 4. The van der Waals surface area contributed by atoms with Gasteiger partial charge in [-0.3, -0.25) is 0 Å². The van der Waals surface area contributed by atoms with E-state index in [9.17, 15) is 8.42 Å². The van der Waals surface area contributed by atoms with E-state index in [1.54, 1.807) is 24.3 Å². The third-order valence-electron chi connectivity index (χ3n) is 2.40. The normalized spacial score (nSPS) is 10.9. The lowest BCUT2D eigenvalue weighted by atomic mass is 10.2. The Morgan fingerprint density at radius 2 is 1.89 bits per heavy atom. The number of nitrogens with one attached hydrogen (secondary N) is 1. The first-order chi connectivity index (χ1) is 8.99. The fourth-order valence-corrected chi connectivity index (χ4v) is 1.94. The van der Waals surface area contributed by atoms with Crippen molar-refractivity contribution in [2.75, 3.05) is 5.32 Å². The molecule has 1 heterocycles. The second kappa shape index (κ2) is 5.14. The molecule has 0 spiro atoms. The van der Waals surface area contributed by atoms with Crippen LogP contribution in [0.4, 0.5) is 5.69 Å². The van der Waals surface area contributed by atoms with Crippen LogP contribution in [-0.4, -0.2) is 8.42 Å². The van der Waals surface area contributed by atoms with E-state index in [2.05, 4.69) is 5.32 Å². The van der Waals surface area contributed by atoms with Gasteiger partial charge in [-0.1, -0.05) is 0 Å². The minimum atomic E-state index is -3.80. The largest absolute Gasteiger partial charge is 0.446 e. The number of nitriles is 1. The van der Waals surface area contributed by atoms with E-state index in [4.69, 9.17) is 14.8 Å². The third-order valence-corrected chi connectivity index (χ3v) is 3.18. The van der Waals surface area contributed by atoms with E-state index in [0.29, 0.717) is 17.9 Å². The van der Waals surface area contributed by atoms with Crippen molar-refractivity contribution in [1.29, 1.82) is 5.26 Å². The molecule has 98 valence electrons. The zero-order chi connectivity index (χ0) is 13.9. The Balaban J connectivity index is 2.02. The van der Waals surface area contributed by atoms with Crippen LogP contribution >= 0.6 is 0 Å². The molecule has 19 heavy (non-hydrogen) atoms. The Labute approximate surface area is 110 Å². The van der Waals surface area contributed by atoms with Gasteiger partial charge in [-0.25, -0.2) is 13.6 Å². The van der Waals surface area contributed by atoms with E-state index < -0.39 is 10.0 Å². The van der Waals surface area contributed by atoms with Crippen LogP contribution in [0, 0.1) is 11.3 Å². The summed E-state index contributed by atoms with van der Waals surface area (Å²) in [5.41, 5.74) is 1.37. The van der Waals surface area contributed by atoms with Crippen LogP contribution in [0.3, 0.4) is 0 Å². The molecule has 0 fully saturated rings. The van der Waals surface area contributed by atoms with E-state index in [1.807, 2.05) is 6.07 Å². The van der Waals surface area contributed by atoms with Crippen molar-refractivity contribution in [3.63, 3.8) is 0 Å². The molecule has 7 heteroatoms. The molecule has 0 unspecified atom stereocenters. The summed E-state index contributed by atoms with van der Waals surface area (Å²) >= 11 is 0. The number of hydrogen-bond donors (Lipinski definition) is 2. The van der Waals surface area contributed by atoms with Gasteiger partial charge in [-0.2, -0.15) is 5.26 Å². The fraction of sp³-hybridized carbons (Fsp3) is 0.0833. The van der Waals surface area contributed by atoms with Gasteiger partial charge in [0.25, 0.3) is 10.0 Å². The highest BCUT2D eigenvalue weighted by atomic mass is 32.2. The van der Waals surface area contributed by atoms with Crippen LogP contribution in [0.5, 0.6) is 0 Å². The molecule has 0 radical (unpaired) electrons. The lowest BCUT2D eigenvalue weighted by Crippen LogP contribution is -2.10. The number of benzene rings is 1. The zero-order valence-electron chi connectivity index (χ0n) is 9.83. The quantitative estimate of drug-likeness (QED) is 0.878. The minimum Gasteiger partial charge on any atom is -0.446 e. The molecule has 2 rings (SSSR count). The molecule has 0 amide bonds. The molecule has 0 saturated heterocycles. The van der Waals surface area contributed by atoms with Crippen molar-refractivity contribution < 1.29 is 12.8 Å². The van der Waals surface area contributed by atoms with Gasteiger partial charge in [0.1, 0.15) is 5.76 Å². The highest BCUT2D eigenvalue weighted by Gasteiger charge is 2.12. The molecular formula is C12H11N3O3S. The molecule has 0 aliphatic rings. The highest BCUT2D eigenvalue weighted by molar-refractivity contribution is 7.89. The van der Waals surface area contributed by atoms with Gasteiger partial charge in [0, 0.05) is 5.69 Å². The lowest BCUT2D eigenvalue weighted by Gasteiger charge is -2.03. The smallest absolute Gasteiger partial charge is 0.271 e. The van der Waals surface area contributed by atoms with E-state index in [-0.39, 0.29) is 5.09 Å².